The summed E-state index contributed by atoms with van der Waals surface area (Å²) in [6.07, 6.45) is 2.34. The molecule has 2 nitrogen and oxygen atoms in total. The van der Waals surface area contributed by atoms with Crippen LogP contribution in [0.2, 0.25) is 0 Å². The summed E-state index contributed by atoms with van der Waals surface area (Å²) < 4.78 is 4.80. The number of hydrogen-bond acceptors (Lipinski definition) is 0. The molecule has 0 N–H and O–H groups in total. The van der Waals surface area contributed by atoms with Crippen LogP contribution >= 0.6 is 0 Å². The average Bonchev–Trinajstić information content (AvgIpc) is 3.12. The summed E-state index contributed by atoms with van der Waals surface area (Å²) in [6.45, 7) is 13.6. The van der Waals surface area contributed by atoms with Crippen LogP contribution in [0.15, 0.2) is 72.9 Å². The van der Waals surface area contributed by atoms with Crippen molar-refractivity contribution in [2.45, 2.75) is 53.4 Å². The third-order valence-corrected chi connectivity index (χ3v) is 6.65. The summed E-state index contributed by atoms with van der Waals surface area (Å²) >= 11 is 0. The van der Waals surface area contributed by atoms with Crippen molar-refractivity contribution in [3.8, 4) is 28.3 Å². The predicted octanol–water partition coefficient (Wildman–Crippen LogP) is 7.50. The highest BCUT2D eigenvalue weighted by atomic mass is 15.2. The molecule has 0 fully saturated rings. The van der Waals surface area contributed by atoms with Gasteiger partial charge in [-0.1, -0.05) is 82.3 Å². The molecule has 3 aromatic carbocycles. The maximum Gasteiger partial charge on any atom is 0.294 e. The standard InChI is InChI=1S/C30H35N2/c1-20(2)25-16-12-17-26(21(3)4)29(25)32-19-28(27-18-11-13-22(5)23(27)6)31(7)30(32)24-14-9-8-10-15-24/h8-21H,1-7H3/q+1. The zero-order valence-electron chi connectivity index (χ0n) is 20.5. The average molecular weight is 424 g/mol. The zero-order valence-corrected chi connectivity index (χ0v) is 20.5. The minimum atomic E-state index is 0.434. The smallest absolute Gasteiger partial charge is 0.225 e. The quantitative estimate of drug-likeness (QED) is 0.294. The first kappa shape index (κ1) is 22.1. The van der Waals surface area contributed by atoms with Crippen molar-refractivity contribution in [1.82, 2.24) is 4.57 Å². The van der Waals surface area contributed by atoms with Gasteiger partial charge < -0.3 is 0 Å². The van der Waals surface area contributed by atoms with Crippen molar-refractivity contribution in [2.24, 2.45) is 7.05 Å². The number of imidazole rings is 1. The van der Waals surface area contributed by atoms with Gasteiger partial charge in [-0.2, -0.15) is 4.57 Å². The van der Waals surface area contributed by atoms with Crippen molar-refractivity contribution >= 4 is 0 Å². The highest BCUT2D eigenvalue weighted by Gasteiger charge is 2.29. The van der Waals surface area contributed by atoms with Crippen molar-refractivity contribution < 1.29 is 4.57 Å². The molecule has 1 aromatic heterocycles. The first-order valence-corrected chi connectivity index (χ1v) is 11.7. The van der Waals surface area contributed by atoms with Gasteiger partial charge >= 0.3 is 0 Å². The first-order valence-electron chi connectivity index (χ1n) is 11.7. The van der Waals surface area contributed by atoms with Crippen molar-refractivity contribution in [3.05, 3.63) is 95.2 Å². The molecule has 4 rings (SSSR count). The van der Waals surface area contributed by atoms with Crippen LogP contribution in [0, 0.1) is 13.8 Å². The number of para-hydroxylation sites is 1. The van der Waals surface area contributed by atoms with Crippen LogP contribution in [0.5, 0.6) is 0 Å². The number of rotatable bonds is 5. The fraction of sp³-hybridized carbons (Fsp3) is 0.300. The Morgan fingerprint density at radius 3 is 1.91 bits per heavy atom. The fourth-order valence-electron chi connectivity index (χ4n) is 4.70. The lowest BCUT2D eigenvalue weighted by Crippen LogP contribution is -2.35. The lowest BCUT2D eigenvalue weighted by atomic mass is 9.92. The van der Waals surface area contributed by atoms with Gasteiger partial charge in [0.05, 0.1) is 12.6 Å². The Kier molecular flexibility index (Phi) is 6.06. The first-order chi connectivity index (χ1) is 15.3. The largest absolute Gasteiger partial charge is 0.294 e. The fourth-order valence-corrected chi connectivity index (χ4v) is 4.70. The number of aryl methyl sites for hydroxylation is 1. The van der Waals surface area contributed by atoms with E-state index in [1.165, 1.54) is 50.6 Å². The molecular weight excluding hydrogens is 388 g/mol. The Hall–Kier alpha value is -3.13. The van der Waals surface area contributed by atoms with Gasteiger partial charge in [0.25, 0.3) is 5.82 Å². The molecule has 164 valence electrons. The summed E-state index contributed by atoms with van der Waals surface area (Å²) in [6, 6.07) is 24.2. The number of nitrogens with zero attached hydrogens (tertiary/aromatic N) is 2. The van der Waals surface area contributed by atoms with Gasteiger partial charge in [-0.15, -0.1) is 0 Å². The Morgan fingerprint density at radius 2 is 1.31 bits per heavy atom. The van der Waals surface area contributed by atoms with Crippen LogP contribution in [0.3, 0.4) is 0 Å². The van der Waals surface area contributed by atoms with E-state index in [1.54, 1.807) is 0 Å². The van der Waals surface area contributed by atoms with E-state index in [0.717, 1.165) is 0 Å². The molecule has 4 aromatic rings. The monoisotopic (exact) mass is 423 g/mol. The highest BCUT2D eigenvalue weighted by molar-refractivity contribution is 5.68. The summed E-state index contributed by atoms with van der Waals surface area (Å²) in [4.78, 5) is 0. The normalized spacial score (nSPS) is 11.5. The number of hydrogen-bond donors (Lipinski definition) is 0. The van der Waals surface area contributed by atoms with Gasteiger partial charge in [0, 0.05) is 16.7 Å². The molecule has 0 unspecified atom stereocenters. The molecule has 0 atom stereocenters. The Morgan fingerprint density at radius 1 is 0.719 bits per heavy atom. The van der Waals surface area contributed by atoms with Gasteiger partial charge in [-0.3, -0.25) is 0 Å². The highest BCUT2D eigenvalue weighted by Crippen LogP contribution is 2.33. The second-order valence-corrected chi connectivity index (χ2v) is 9.47. The van der Waals surface area contributed by atoms with Gasteiger partial charge in [-0.25, -0.2) is 4.57 Å². The van der Waals surface area contributed by atoms with E-state index in [9.17, 15) is 0 Å². The van der Waals surface area contributed by atoms with Gasteiger partial charge in [0.1, 0.15) is 11.9 Å². The SMILES string of the molecule is Cc1cccc(-c2c[n+](-c3c(C(C)C)cccc3C(C)C)c(-c3ccccc3)n2C)c1C. The third-order valence-electron chi connectivity index (χ3n) is 6.65. The van der Waals surface area contributed by atoms with E-state index >= 15 is 0 Å². The maximum absolute atomic E-state index is 2.44. The van der Waals surface area contributed by atoms with Crippen LogP contribution in [0.4, 0.5) is 0 Å². The number of benzene rings is 3. The van der Waals surface area contributed by atoms with E-state index in [0.29, 0.717) is 11.8 Å². The Balaban J connectivity index is 2.12. The van der Waals surface area contributed by atoms with E-state index in [4.69, 9.17) is 0 Å². The molecule has 0 saturated heterocycles. The summed E-state index contributed by atoms with van der Waals surface area (Å²) in [5, 5.41) is 0. The second kappa shape index (κ2) is 8.78. The molecule has 0 amide bonds. The van der Waals surface area contributed by atoms with Crippen molar-refractivity contribution in [3.63, 3.8) is 0 Å². The summed E-state index contributed by atoms with van der Waals surface area (Å²) in [5.74, 6) is 2.07. The van der Waals surface area contributed by atoms with E-state index in [2.05, 4.69) is 131 Å². The molecule has 1 heterocycles. The second-order valence-electron chi connectivity index (χ2n) is 9.47. The van der Waals surface area contributed by atoms with E-state index in [-0.39, 0.29) is 0 Å². The molecule has 0 aliphatic carbocycles. The Labute approximate surface area is 193 Å². The van der Waals surface area contributed by atoms with Crippen molar-refractivity contribution in [2.75, 3.05) is 0 Å². The molecule has 2 heteroatoms. The van der Waals surface area contributed by atoms with Crippen LogP contribution < -0.4 is 4.57 Å². The van der Waals surface area contributed by atoms with Gasteiger partial charge in [-0.05, 0) is 48.9 Å². The van der Waals surface area contributed by atoms with Gasteiger partial charge in [0.15, 0.2) is 5.69 Å². The van der Waals surface area contributed by atoms with E-state index in [1.807, 2.05) is 0 Å². The third kappa shape index (κ3) is 3.79. The molecular formula is C30H35N2+. The topological polar surface area (TPSA) is 8.81 Å². The Bertz CT molecular complexity index is 1220. The van der Waals surface area contributed by atoms with Crippen LogP contribution in [0.25, 0.3) is 28.3 Å². The molecule has 0 aliphatic rings. The zero-order chi connectivity index (χ0) is 23.0. The summed E-state index contributed by atoms with van der Waals surface area (Å²) in [7, 11) is 2.20. The van der Waals surface area contributed by atoms with Crippen LogP contribution in [-0.4, -0.2) is 4.57 Å². The minimum absolute atomic E-state index is 0.434. The van der Waals surface area contributed by atoms with Gasteiger partial charge in [0.2, 0.25) is 0 Å². The van der Waals surface area contributed by atoms with E-state index < -0.39 is 0 Å². The minimum Gasteiger partial charge on any atom is -0.225 e. The summed E-state index contributed by atoms with van der Waals surface area (Å²) in [5.41, 5.74) is 10.5. The molecule has 0 spiro atoms. The molecule has 0 bridgehead atoms. The number of aromatic nitrogens is 2. The molecule has 32 heavy (non-hydrogen) atoms. The molecule has 0 saturated carbocycles. The predicted molar refractivity (Wildman–Crippen MR) is 135 cm³/mol. The van der Waals surface area contributed by atoms with Crippen molar-refractivity contribution in [1.29, 1.82) is 0 Å². The molecule has 0 aliphatic heterocycles. The maximum atomic E-state index is 2.44. The van der Waals surface area contributed by atoms with Crippen LogP contribution in [-0.2, 0) is 7.05 Å². The lowest BCUT2D eigenvalue weighted by Gasteiger charge is -2.17. The molecule has 0 radical (unpaired) electrons. The lowest BCUT2D eigenvalue weighted by molar-refractivity contribution is -0.584. The van der Waals surface area contributed by atoms with Crippen LogP contribution in [0.1, 0.15) is 61.8 Å².